The average Bonchev–Trinajstić information content (AvgIpc) is 3.67. The number of likely N-dealkylation sites (tertiary alicyclic amines) is 1. The highest BCUT2D eigenvalue weighted by atomic mass is 35.5. The smallest absolute Gasteiger partial charge is 0.255 e. The number of rotatable bonds is 7. The number of halogens is 1. The van der Waals surface area contributed by atoms with Crippen molar-refractivity contribution in [2.45, 2.75) is 51.7 Å². The van der Waals surface area contributed by atoms with Crippen molar-refractivity contribution in [3.05, 3.63) is 82.6 Å². The Kier molecular flexibility index (Phi) is 7.24. The first-order valence-electron chi connectivity index (χ1n) is 13.8. The highest BCUT2D eigenvalue weighted by Gasteiger charge is 2.51. The van der Waals surface area contributed by atoms with Gasteiger partial charge < -0.3 is 15.5 Å². The van der Waals surface area contributed by atoms with Crippen molar-refractivity contribution < 1.29 is 19.2 Å². The van der Waals surface area contributed by atoms with Gasteiger partial charge in [0.1, 0.15) is 29.3 Å². The molecule has 10 nitrogen and oxygen atoms in total. The van der Waals surface area contributed by atoms with E-state index in [1.807, 2.05) is 19.1 Å². The lowest BCUT2D eigenvalue weighted by molar-refractivity contribution is -0.141. The largest absolute Gasteiger partial charge is 0.326 e. The van der Waals surface area contributed by atoms with E-state index in [-0.39, 0.29) is 52.9 Å². The lowest BCUT2D eigenvalue weighted by Gasteiger charge is -2.34. The van der Waals surface area contributed by atoms with Gasteiger partial charge in [0.15, 0.2) is 5.78 Å². The summed E-state index contributed by atoms with van der Waals surface area (Å²) in [5, 5.41) is 11.0. The maximum Gasteiger partial charge on any atom is 0.255 e. The van der Waals surface area contributed by atoms with Crippen LogP contribution in [0.3, 0.4) is 0 Å². The Bertz CT molecular complexity index is 1750. The van der Waals surface area contributed by atoms with Crippen LogP contribution in [-0.4, -0.2) is 55.3 Å². The predicted molar refractivity (Wildman–Crippen MR) is 159 cm³/mol. The molecule has 2 fully saturated rings. The molecule has 1 saturated carbocycles. The molecule has 2 aromatic heterocycles. The molecular weight excluding hydrogens is 556 g/mol. The highest BCUT2D eigenvalue weighted by Crippen LogP contribution is 2.43. The molecule has 6 rings (SSSR count). The maximum atomic E-state index is 13.8. The molecule has 3 heterocycles. The zero-order valence-corrected chi connectivity index (χ0v) is 23.9. The Labute approximate surface area is 247 Å². The van der Waals surface area contributed by atoms with Gasteiger partial charge in [-0.1, -0.05) is 35.9 Å². The number of Topliss-reactive ketones (excluding diaryl/α,β-unsaturated/α-hetero) is 1. The van der Waals surface area contributed by atoms with Crippen LogP contribution in [0.5, 0.6) is 0 Å². The van der Waals surface area contributed by atoms with Crippen molar-refractivity contribution in [1.29, 1.82) is 0 Å². The third-order valence-corrected chi connectivity index (χ3v) is 8.34. The normalized spacial score (nSPS) is 19.2. The topological polar surface area (TPSA) is 126 Å². The molecule has 2 aromatic carbocycles. The van der Waals surface area contributed by atoms with Crippen LogP contribution in [0, 0.1) is 12.8 Å². The zero-order chi connectivity index (χ0) is 29.5. The van der Waals surface area contributed by atoms with Crippen LogP contribution >= 0.6 is 11.6 Å². The number of hydrogen-bond acceptors (Lipinski definition) is 6. The van der Waals surface area contributed by atoms with Crippen molar-refractivity contribution in [3.63, 3.8) is 0 Å². The number of pyridine rings is 1. The Morgan fingerprint density at radius 3 is 2.57 bits per heavy atom. The lowest BCUT2D eigenvalue weighted by Crippen LogP contribution is -2.52. The third-order valence-electron chi connectivity index (χ3n) is 8.12. The number of aromatic nitrogens is 3. The van der Waals surface area contributed by atoms with Crippen LogP contribution in [0.15, 0.2) is 60.7 Å². The summed E-state index contributed by atoms with van der Waals surface area (Å²) in [6.45, 7) is 3.14. The van der Waals surface area contributed by atoms with Crippen LogP contribution in [0.4, 0.5) is 11.5 Å². The summed E-state index contributed by atoms with van der Waals surface area (Å²) >= 11 is 5.98. The van der Waals surface area contributed by atoms with E-state index in [1.54, 1.807) is 53.4 Å². The molecule has 2 aliphatic rings. The second-order valence-electron chi connectivity index (χ2n) is 10.9. The molecule has 1 saturated heterocycles. The number of anilines is 2. The first-order valence-corrected chi connectivity index (χ1v) is 14.2. The number of ketones is 1. The number of carbonyl (C=O) groups is 4. The molecular formula is C31H29ClN6O4. The van der Waals surface area contributed by atoms with E-state index in [1.165, 1.54) is 11.6 Å². The van der Waals surface area contributed by atoms with Gasteiger partial charge in [0, 0.05) is 29.6 Å². The number of hydrogen-bond donors (Lipinski definition) is 2. The summed E-state index contributed by atoms with van der Waals surface area (Å²) in [7, 11) is 0. The molecule has 0 radical (unpaired) electrons. The molecule has 11 heteroatoms. The van der Waals surface area contributed by atoms with E-state index in [4.69, 9.17) is 11.6 Å². The van der Waals surface area contributed by atoms with Gasteiger partial charge >= 0.3 is 0 Å². The summed E-state index contributed by atoms with van der Waals surface area (Å²) in [6, 6.07) is 16.7. The van der Waals surface area contributed by atoms with Crippen molar-refractivity contribution in [1.82, 2.24) is 19.7 Å². The van der Waals surface area contributed by atoms with Crippen LogP contribution in [0.2, 0.25) is 5.15 Å². The lowest BCUT2D eigenvalue weighted by atomic mass is 9.97. The zero-order valence-electron chi connectivity index (χ0n) is 23.1. The summed E-state index contributed by atoms with van der Waals surface area (Å²) in [5.41, 5.74) is 2.69. The van der Waals surface area contributed by atoms with Gasteiger partial charge in [-0.3, -0.25) is 23.9 Å². The monoisotopic (exact) mass is 584 g/mol. The van der Waals surface area contributed by atoms with Gasteiger partial charge in [0.25, 0.3) is 5.91 Å². The van der Waals surface area contributed by atoms with Crippen LogP contribution < -0.4 is 10.6 Å². The van der Waals surface area contributed by atoms with E-state index < -0.39 is 6.04 Å². The Balaban J connectivity index is 1.25. The Hall–Kier alpha value is -4.57. The van der Waals surface area contributed by atoms with E-state index in [0.29, 0.717) is 28.0 Å². The van der Waals surface area contributed by atoms with Gasteiger partial charge in [-0.2, -0.15) is 5.10 Å². The standard InChI is InChI=1S/C31H29ClN6O4/c1-17-6-3-4-7-22(17)30(41)33-20-11-13-24-23(15-20)28(18(2)39)36-37(24)16-27(40)38-21-12-10-19(14-21)29(38)31(42)35-26-9-5-8-25(32)34-26/h3-9,11,13,15,19,21,29H,10,12,14,16H2,1-2H3,(H,33,41)(H,34,35,42)/t19-,21+,29-/m0/s1. The van der Waals surface area contributed by atoms with Crippen molar-refractivity contribution in [2.24, 2.45) is 5.92 Å². The summed E-state index contributed by atoms with van der Waals surface area (Å²) in [6.07, 6.45) is 2.46. The number of fused-ring (bicyclic) bond motifs is 3. The van der Waals surface area contributed by atoms with Gasteiger partial charge in [-0.05, 0) is 74.1 Å². The minimum absolute atomic E-state index is 0.0390. The summed E-state index contributed by atoms with van der Waals surface area (Å²) in [4.78, 5) is 58.3. The first kappa shape index (κ1) is 27.6. The molecule has 0 spiro atoms. The number of amides is 3. The molecule has 42 heavy (non-hydrogen) atoms. The van der Waals surface area contributed by atoms with Gasteiger partial charge in [0.05, 0.1) is 5.52 Å². The van der Waals surface area contributed by atoms with Gasteiger partial charge in [0.2, 0.25) is 11.8 Å². The number of aryl methyl sites for hydroxylation is 1. The number of carbonyl (C=O) groups excluding carboxylic acids is 4. The van der Waals surface area contributed by atoms with Gasteiger partial charge in [-0.15, -0.1) is 0 Å². The molecule has 214 valence electrons. The summed E-state index contributed by atoms with van der Waals surface area (Å²) < 4.78 is 1.50. The van der Waals surface area contributed by atoms with Crippen LogP contribution in [0.1, 0.15) is 52.6 Å². The van der Waals surface area contributed by atoms with Crippen molar-refractivity contribution >= 4 is 57.5 Å². The summed E-state index contributed by atoms with van der Waals surface area (Å²) in [5.74, 6) is -0.690. The highest BCUT2D eigenvalue weighted by molar-refractivity contribution is 6.29. The van der Waals surface area contributed by atoms with Crippen molar-refractivity contribution in [3.8, 4) is 0 Å². The van der Waals surface area contributed by atoms with E-state index in [9.17, 15) is 19.2 Å². The SMILES string of the molecule is CC(=O)c1nn(CC(=O)N2[C@@H]3CC[C@@H](C3)[C@H]2C(=O)Nc2cccc(Cl)n2)c2ccc(NC(=O)c3ccccc3C)cc12. The average molecular weight is 585 g/mol. The fourth-order valence-electron chi connectivity index (χ4n) is 6.24. The maximum absolute atomic E-state index is 13.8. The van der Waals surface area contributed by atoms with Crippen LogP contribution in [0.25, 0.3) is 10.9 Å². The fraction of sp³-hybridized carbons (Fsp3) is 0.290. The second kappa shape index (κ2) is 11.0. The number of piperidine rings is 1. The van der Waals surface area contributed by atoms with E-state index in [2.05, 4.69) is 20.7 Å². The van der Waals surface area contributed by atoms with Gasteiger partial charge in [-0.25, -0.2) is 4.98 Å². The minimum Gasteiger partial charge on any atom is -0.326 e. The van der Waals surface area contributed by atoms with E-state index in [0.717, 1.165) is 24.8 Å². The number of nitrogens with one attached hydrogen (secondary N) is 2. The minimum atomic E-state index is -0.630. The third kappa shape index (κ3) is 5.14. The number of nitrogens with zero attached hydrogens (tertiary/aromatic N) is 4. The molecule has 2 N–H and O–H groups in total. The molecule has 0 unspecified atom stereocenters. The molecule has 1 aliphatic carbocycles. The first-order chi connectivity index (χ1) is 20.2. The Morgan fingerprint density at radius 2 is 1.81 bits per heavy atom. The molecule has 3 amide bonds. The fourth-order valence-corrected chi connectivity index (χ4v) is 6.40. The van der Waals surface area contributed by atoms with Crippen molar-refractivity contribution in [2.75, 3.05) is 10.6 Å². The molecule has 4 aromatic rings. The van der Waals surface area contributed by atoms with E-state index >= 15 is 0 Å². The van der Waals surface area contributed by atoms with Crippen LogP contribution in [-0.2, 0) is 16.1 Å². The predicted octanol–water partition coefficient (Wildman–Crippen LogP) is 4.87. The quantitative estimate of drug-likeness (QED) is 0.236. The molecule has 3 atom stereocenters. The molecule has 1 aliphatic heterocycles. The Morgan fingerprint density at radius 1 is 1.00 bits per heavy atom. The number of benzene rings is 2. The molecule has 2 bridgehead atoms. The second-order valence-corrected chi connectivity index (χ2v) is 11.3.